The highest BCUT2D eigenvalue weighted by Crippen LogP contribution is 2.28. The Kier molecular flexibility index (Phi) is 5.01. The molecule has 5 nitrogen and oxygen atoms in total. The summed E-state index contributed by atoms with van der Waals surface area (Å²) in [5.41, 5.74) is 0. The number of hydrogen-bond donors (Lipinski definition) is 1. The number of benzene rings is 1. The first kappa shape index (κ1) is 16.8. The van der Waals surface area contributed by atoms with Gasteiger partial charge < -0.3 is 5.11 Å². The molecule has 2 saturated heterocycles. The highest BCUT2D eigenvalue weighted by molar-refractivity contribution is 7.89. The van der Waals surface area contributed by atoms with Crippen LogP contribution in [0, 0.1) is 5.82 Å². The number of likely N-dealkylation sites (tertiary alicyclic amines) is 1. The van der Waals surface area contributed by atoms with E-state index in [1.807, 2.05) is 0 Å². The summed E-state index contributed by atoms with van der Waals surface area (Å²) >= 11 is 0. The van der Waals surface area contributed by atoms with E-state index < -0.39 is 15.8 Å². The van der Waals surface area contributed by atoms with Crippen LogP contribution < -0.4 is 0 Å². The van der Waals surface area contributed by atoms with Crippen molar-refractivity contribution in [3.8, 4) is 0 Å². The van der Waals surface area contributed by atoms with Crippen LogP contribution in [0.25, 0.3) is 0 Å². The van der Waals surface area contributed by atoms with E-state index in [0.717, 1.165) is 32.2 Å². The Balaban J connectivity index is 1.68. The number of aliphatic hydroxyl groups is 1. The molecule has 2 aliphatic heterocycles. The zero-order chi connectivity index (χ0) is 16.4. The molecule has 1 aromatic carbocycles. The van der Waals surface area contributed by atoms with Crippen LogP contribution in [-0.2, 0) is 10.0 Å². The van der Waals surface area contributed by atoms with Gasteiger partial charge in [-0.3, -0.25) is 4.90 Å². The second-order valence-electron chi connectivity index (χ2n) is 6.28. The standard InChI is InChI=1S/C16H23FN2O3S/c17-15-5-1-2-6-16(15)23(21,22)18-10-7-13(8-11-18)19-9-3-4-14(19)12-20/h1-2,5-6,13-14,20H,3-4,7-12H2/t14-/m1/s1. The van der Waals surface area contributed by atoms with Gasteiger partial charge in [-0.2, -0.15) is 4.31 Å². The lowest BCUT2D eigenvalue weighted by atomic mass is 10.0. The van der Waals surface area contributed by atoms with Gasteiger partial charge in [-0.1, -0.05) is 12.1 Å². The predicted octanol–water partition coefficient (Wildman–Crippen LogP) is 1.44. The number of nitrogens with zero attached hydrogens (tertiary/aromatic N) is 2. The minimum absolute atomic E-state index is 0.160. The Morgan fingerprint density at radius 1 is 1.13 bits per heavy atom. The number of rotatable bonds is 4. The number of piperidine rings is 1. The van der Waals surface area contributed by atoms with Gasteiger partial charge in [0.1, 0.15) is 10.7 Å². The third-order valence-corrected chi connectivity index (χ3v) is 6.91. The van der Waals surface area contributed by atoms with E-state index in [1.165, 1.54) is 22.5 Å². The minimum Gasteiger partial charge on any atom is -0.395 e. The van der Waals surface area contributed by atoms with Crippen LogP contribution in [0.4, 0.5) is 4.39 Å². The number of aliphatic hydroxyl groups excluding tert-OH is 1. The maximum atomic E-state index is 13.8. The van der Waals surface area contributed by atoms with Gasteiger partial charge in [0, 0.05) is 25.2 Å². The molecule has 0 aliphatic carbocycles. The second kappa shape index (κ2) is 6.84. The van der Waals surface area contributed by atoms with E-state index in [1.54, 1.807) is 6.07 Å². The van der Waals surface area contributed by atoms with E-state index in [2.05, 4.69) is 4.90 Å². The lowest BCUT2D eigenvalue weighted by molar-refractivity contribution is 0.0898. The average molecular weight is 342 g/mol. The molecule has 0 aromatic heterocycles. The SMILES string of the molecule is O=S(=O)(c1ccccc1F)N1CCC(N2CCC[C@@H]2CO)CC1. The molecule has 0 unspecified atom stereocenters. The maximum Gasteiger partial charge on any atom is 0.245 e. The third-order valence-electron chi connectivity index (χ3n) is 4.98. The largest absolute Gasteiger partial charge is 0.395 e. The first-order valence-corrected chi connectivity index (χ1v) is 9.59. The van der Waals surface area contributed by atoms with E-state index in [4.69, 9.17) is 0 Å². The zero-order valence-electron chi connectivity index (χ0n) is 13.1. The van der Waals surface area contributed by atoms with Gasteiger partial charge >= 0.3 is 0 Å². The molecule has 1 atom stereocenters. The van der Waals surface area contributed by atoms with Crippen molar-refractivity contribution in [3.63, 3.8) is 0 Å². The average Bonchev–Trinajstić information content (AvgIpc) is 3.04. The van der Waals surface area contributed by atoms with Crippen molar-refractivity contribution in [1.82, 2.24) is 9.21 Å². The van der Waals surface area contributed by atoms with Gasteiger partial charge in [0.05, 0.1) is 6.61 Å². The van der Waals surface area contributed by atoms with Gasteiger partial charge in [-0.25, -0.2) is 12.8 Å². The van der Waals surface area contributed by atoms with E-state index in [0.29, 0.717) is 19.1 Å². The van der Waals surface area contributed by atoms with Gasteiger partial charge in [0.2, 0.25) is 10.0 Å². The fourth-order valence-corrected chi connectivity index (χ4v) is 5.28. The van der Waals surface area contributed by atoms with Gasteiger partial charge in [-0.05, 0) is 44.4 Å². The van der Waals surface area contributed by atoms with Crippen LogP contribution in [0.1, 0.15) is 25.7 Å². The highest BCUT2D eigenvalue weighted by atomic mass is 32.2. The van der Waals surface area contributed by atoms with E-state index >= 15 is 0 Å². The Morgan fingerprint density at radius 3 is 2.48 bits per heavy atom. The molecule has 2 aliphatic rings. The van der Waals surface area contributed by atoms with Crippen LogP contribution in [0.3, 0.4) is 0 Å². The van der Waals surface area contributed by atoms with Crippen molar-refractivity contribution in [2.24, 2.45) is 0 Å². The molecule has 0 radical (unpaired) electrons. The molecule has 0 amide bonds. The molecule has 2 heterocycles. The molecule has 1 aromatic rings. The number of hydrogen-bond acceptors (Lipinski definition) is 4. The normalized spacial score (nSPS) is 25.0. The van der Waals surface area contributed by atoms with Crippen molar-refractivity contribution in [2.75, 3.05) is 26.2 Å². The summed E-state index contributed by atoms with van der Waals surface area (Å²) in [5.74, 6) is -0.700. The van der Waals surface area contributed by atoms with Crippen molar-refractivity contribution in [3.05, 3.63) is 30.1 Å². The predicted molar refractivity (Wildman–Crippen MR) is 85.0 cm³/mol. The van der Waals surface area contributed by atoms with Gasteiger partial charge in [0.25, 0.3) is 0 Å². The minimum atomic E-state index is -3.77. The first-order valence-electron chi connectivity index (χ1n) is 8.15. The first-order chi connectivity index (χ1) is 11.0. The molecule has 23 heavy (non-hydrogen) atoms. The molecule has 3 rings (SSSR count). The Labute approximate surface area is 136 Å². The molecule has 0 bridgehead atoms. The van der Waals surface area contributed by atoms with Crippen molar-refractivity contribution in [2.45, 2.75) is 42.7 Å². The fraction of sp³-hybridized carbons (Fsp3) is 0.625. The lowest BCUT2D eigenvalue weighted by Crippen LogP contribution is -2.49. The van der Waals surface area contributed by atoms with Crippen molar-refractivity contribution >= 4 is 10.0 Å². The molecule has 7 heteroatoms. The Morgan fingerprint density at radius 2 is 1.83 bits per heavy atom. The summed E-state index contributed by atoms with van der Waals surface area (Å²) in [4.78, 5) is 2.07. The molecule has 1 N–H and O–H groups in total. The number of halogens is 1. The zero-order valence-corrected chi connectivity index (χ0v) is 13.9. The topological polar surface area (TPSA) is 60.9 Å². The van der Waals surface area contributed by atoms with Crippen LogP contribution >= 0.6 is 0 Å². The Hall–Kier alpha value is -1.02. The van der Waals surface area contributed by atoms with Crippen LogP contribution in [-0.4, -0.2) is 61.1 Å². The summed E-state index contributed by atoms with van der Waals surface area (Å²) in [6.07, 6.45) is 3.54. The van der Waals surface area contributed by atoms with E-state index in [9.17, 15) is 17.9 Å². The second-order valence-corrected chi connectivity index (χ2v) is 8.19. The van der Waals surface area contributed by atoms with Crippen LogP contribution in [0.2, 0.25) is 0 Å². The lowest BCUT2D eigenvalue weighted by Gasteiger charge is -2.38. The molecule has 0 saturated carbocycles. The highest BCUT2D eigenvalue weighted by Gasteiger charge is 2.36. The smallest absolute Gasteiger partial charge is 0.245 e. The maximum absolute atomic E-state index is 13.8. The number of sulfonamides is 1. The summed E-state index contributed by atoms with van der Waals surface area (Å²) in [6.45, 7) is 1.93. The Bertz CT molecular complexity index is 644. The summed E-state index contributed by atoms with van der Waals surface area (Å²) in [5, 5.41) is 9.44. The third kappa shape index (κ3) is 3.28. The summed E-state index contributed by atoms with van der Waals surface area (Å²) in [7, 11) is -3.77. The monoisotopic (exact) mass is 342 g/mol. The van der Waals surface area contributed by atoms with Crippen molar-refractivity contribution in [1.29, 1.82) is 0 Å². The quantitative estimate of drug-likeness (QED) is 0.899. The van der Waals surface area contributed by atoms with Crippen LogP contribution in [0.15, 0.2) is 29.2 Å². The molecular weight excluding hydrogens is 319 g/mol. The van der Waals surface area contributed by atoms with Gasteiger partial charge in [-0.15, -0.1) is 0 Å². The fourth-order valence-electron chi connectivity index (χ4n) is 3.74. The molecule has 2 fully saturated rings. The van der Waals surface area contributed by atoms with Crippen LogP contribution in [0.5, 0.6) is 0 Å². The van der Waals surface area contributed by atoms with Crippen molar-refractivity contribution < 1.29 is 17.9 Å². The summed E-state index contributed by atoms with van der Waals surface area (Å²) < 4.78 is 40.4. The van der Waals surface area contributed by atoms with E-state index in [-0.39, 0.29) is 17.5 Å². The van der Waals surface area contributed by atoms with Gasteiger partial charge in [0.15, 0.2) is 0 Å². The molecule has 128 valence electrons. The summed E-state index contributed by atoms with van der Waals surface area (Å²) in [6, 6.07) is 6.03. The molecule has 0 spiro atoms. The molecular formula is C16H23FN2O3S.